The number of halogens is 5. The summed E-state index contributed by atoms with van der Waals surface area (Å²) in [4.78, 5) is 0. The van der Waals surface area contributed by atoms with E-state index >= 15 is 0 Å². The third-order valence-electron chi connectivity index (χ3n) is 3.61. The van der Waals surface area contributed by atoms with Crippen LogP contribution in [0.25, 0.3) is 11.1 Å². The lowest BCUT2D eigenvalue weighted by Gasteiger charge is -2.20. The van der Waals surface area contributed by atoms with Crippen molar-refractivity contribution in [3.05, 3.63) is 60.7 Å². The molecule has 0 aliphatic heterocycles. The van der Waals surface area contributed by atoms with Gasteiger partial charge in [0.25, 0.3) is 0 Å². The zero-order valence-corrected chi connectivity index (χ0v) is 14.7. The lowest BCUT2D eigenvalue weighted by Crippen LogP contribution is -2.49. The summed E-state index contributed by atoms with van der Waals surface area (Å²) < 4.78 is 59.2. The van der Waals surface area contributed by atoms with Gasteiger partial charge in [0, 0.05) is 6.54 Å². The Kier molecular flexibility index (Phi) is 9.27. The number of rotatable bonds is 7. The number of hydrogen-bond acceptors (Lipinski definition) is 1. The molecular formula is C20H24F5N. The second kappa shape index (κ2) is 10.9. The molecule has 2 aromatic rings. The Morgan fingerprint density at radius 3 is 1.54 bits per heavy atom. The van der Waals surface area contributed by atoms with E-state index in [4.69, 9.17) is 0 Å². The van der Waals surface area contributed by atoms with Crippen LogP contribution in [0.5, 0.6) is 0 Å². The van der Waals surface area contributed by atoms with Gasteiger partial charge in [0.2, 0.25) is 0 Å². The van der Waals surface area contributed by atoms with Crippen molar-refractivity contribution in [2.75, 3.05) is 6.54 Å². The zero-order chi connectivity index (χ0) is 19.5. The van der Waals surface area contributed by atoms with Crippen LogP contribution in [0.4, 0.5) is 22.0 Å². The zero-order valence-electron chi connectivity index (χ0n) is 14.7. The standard InChI is InChI=1S/C12H10.C8H14F5N/c1-3-7-11(8-4-1)12-9-5-2-6-10-12;1-2-3-4-5-6-14-8(12,13)7(9,10)11/h1-10H;14H,2-6H2,1H3. The Balaban J connectivity index is 0.000000262. The second-order valence-corrected chi connectivity index (χ2v) is 5.79. The first-order valence-corrected chi connectivity index (χ1v) is 8.58. The maximum atomic E-state index is 12.2. The smallest absolute Gasteiger partial charge is 0.250 e. The lowest BCUT2D eigenvalue weighted by molar-refractivity contribution is -0.295. The molecule has 0 aromatic heterocycles. The molecule has 1 nitrogen and oxygen atoms in total. The molecule has 2 rings (SSSR count). The van der Waals surface area contributed by atoms with Gasteiger partial charge in [-0.3, -0.25) is 5.32 Å². The lowest BCUT2D eigenvalue weighted by atomic mass is 10.1. The van der Waals surface area contributed by atoms with Crippen LogP contribution in [0, 0.1) is 0 Å². The summed E-state index contributed by atoms with van der Waals surface area (Å²) in [5, 5.41) is 1.20. The molecule has 0 saturated heterocycles. The van der Waals surface area contributed by atoms with E-state index in [-0.39, 0.29) is 6.54 Å². The summed E-state index contributed by atoms with van der Waals surface area (Å²) in [7, 11) is 0. The average molecular weight is 373 g/mol. The number of benzene rings is 2. The van der Waals surface area contributed by atoms with Crippen LogP contribution in [0.15, 0.2) is 60.7 Å². The van der Waals surface area contributed by atoms with Gasteiger partial charge < -0.3 is 0 Å². The molecule has 144 valence electrons. The molecule has 0 fully saturated rings. The van der Waals surface area contributed by atoms with E-state index in [1.807, 2.05) is 19.1 Å². The van der Waals surface area contributed by atoms with Crippen LogP contribution >= 0.6 is 0 Å². The van der Waals surface area contributed by atoms with Crippen molar-refractivity contribution in [2.24, 2.45) is 0 Å². The van der Waals surface area contributed by atoms with E-state index in [0.29, 0.717) is 12.8 Å². The summed E-state index contributed by atoms with van der Waals surface area (Å²) in [5.74, 6) is 0. The van der Waals surface area contributed by atoms with Crippen LogP contribution < -0.4 is 5.32 Å². The Bertz CT molecular complexity index is 559. The van der Waals surface area contributed by atoms with E-state index in [1.54, 1.807) is 0 Å². The van der Waals surface area contributed by atoms with Crippen LogP contribution in [0.2, 0.25) is 0 Å². The molecule has 0 unspecified atom stereocenters. The average Bonchev–Trinajstić information content (AvgIpc) is 2.63. The van der Waals surface area contributed by atoms with E-state index in [0.717, 1.165) is 12.8 Å². The molecule has 0 saturated carbocycles. The van der Waals surface area contributed by atoms with Crippen molar-refractivity contribution in [2.45, 2.75) is 44.8 Å². The summed E-state index contributed by atoms with van der Waals surface area (Å²) in [5.41, 5.74) is 2.55. The van der Waals surface area contributed by atoms with Crippen LogP contribution in [-0.2, 0) is 0 Å². The van der Waals surface area contributed by atoms with Gasteiger partial charge in [0.1, 0.15) is 0 Å². The highest BCUT2D eigenvalue weighted by Crippen LogP contribution is 2.32. The number of hydrogen-bond donors (Lipinski definition) is 1. The molecule has 26 heavy (non-hydrogen) atoms. The monoisotopic (exact) mass is 373 g/mol. The first-order valence-electron chi connectivity index (χ1n) is 8.58. The van der Waals surface area contributed by atoms with Gasteiger partial charge in [0.15, 0.2) is 0 Å². The fourth-order valence-corrected chi connectivity index (χ4v) is 2.16. The number of unbranched alkanes of at least 4 members (excludes halogenated alkanes) is 3. The summed E-state index contributed by atoms with van der Waals surface area (Å²) in [6.07, 6.45) is -2.75. The Morgan fingerprint density at radius 1 is 0.692 bits per heavy atom. The molecular weight excluding hydrogens is 349 g/mol. The molecule has 1 N–H and O–H groups in total. The molecule has 6 heteroatoms. The minimum absolute atomic E-state index is 0.313. The quantitative estimate of drug-likeness (QED) is 0.325. The molecule has 0 bridgehead atoms. The molecule has 0 atom stereocenters. The Labute approximate surface area is 151 Å². The van der Waals surface area contributed by atoms with Gasteiger partial charge in [-0.25, -0.2) is 0 Å². The normalized spacial score (nSPS) is 11.6. The second-order valence-electron chi connectivity index (χ2n) is 5.79. The molecule has 0 amide bonds. The van der Waals surface area contributed by atoms with E-state index in [2.05, 4.69) is 48.5 Å². The molecule has 2 aromatic carbocycles. The Hall–Kier alpha value is -1.95. The van der Waals surface area contributed by atoms with Crippen LogP contribution in [-0.4, -0.2) is 18.8 Å². The molecule has 0 radical (unpaired) electrons. The topological polar surface area (TPSA) is 12.0 Å². The fraction of sp³-hybridized carbons (Fsp3) is 0.400. The van der Waals surface area contributed by atoms with Gasteiger partial charge in [-0.1, -0.05) is 86.8 Å². The third-order valence-corrected chi connectivity index (χ3v) is 3.61. The first-order chi connectivity index (χ1) is 12.3. The predicted molar refractivity (Wildman–Crippen MR) is 95.0 cm³/mol. The Morgan fingerprint density at radius 2 is 1.15 bits per heavy atom. The van der Waals surface area contributed by atoms with Crippen LogP contribution in [0.3, 0.4) is 0 Å². The van der Waals surface area contributed by atoms with E-state index in [1.165, 1.54) is 16.4 Å². The summed E-state index contributed by atoms with van der Waals surface area (Å²) in [6, 6.07) is 16.0. The van der Waals surface area contributed by atoms with Crippen molar-refractivity contribution in [1.29, 1.82) is 0 Å². The van der Waals surface area contributed by atoms with E-state index < -0.39 is 12.2 Å². The SMILES string of the molecule is CCCCCCNC(F)(F)C(F)(F)F.c1ccc(-c2ccccc2)cc1. The summed E-state index contributed by atoms with van der Waals surface area (Å²) in [6.45, 7) is 1.62. The van der Waals surface area contributed by atoms with Gasteiger partial charge in [-0.05, 0) is 17.5 Å². The van der Waals surface area contributed by atoms with Crippen molar-refractivity contribution >= 4 is 0 Å². The van der Waals surface area contributed by atoms with E-state index in [9.17, 15) is 22.0 Å². The van der Waals surface area contributed by atoms with Crippen molar-refractivity contribution in [1.82, 2.24) is 5.32 Å². The minimum atomic E-state index is -5.50. The highest BCUT2D eigenvalue weighted by atomic mass is 19.4. The molecule has 0 aliphatic carbocycles. The summed E-state index contributed by atoms with van der Waals surface area (Å²) >= 11 is 0. The van der Waals surface area contributed by atoms with Crippen LogP contribution in [0.1, 0.15) is 32.6 Å². The highest BCUT2D eigenvalue weighted by Gasteiger charge is 2.57. The van der Waals surface area contributed by atoms with Crippen molar-refractivity contribution in [3.8, 4) is 11.1 Å². The third kappa shape index (κ3) is 7.95. The van der Waals surface area contributed by atoms with Gasteiger partial charge in [0.05, 0.1) is 0 Å². The van der Waals surface area contributed by atoms with Crippen molar-refractivity contribution in [3.63, 3.8) is 0 Å². The maximum Gasteiger partial charge on any atom is 0.469 e. The largest absolute Gasteiger partial charge is 0.469 e. The predicted octanol–water partition coefficient (Wildman–Crippen LogP) is 6.67. The first kappa shape index (κ1) is 22.1. The minimum Gasteiger partial charge on any atom is -0.250 e. The van der Waals surface area contributed by atoms with Gasteiger partial charge in [-0.2, -0.15) is 22.0 Å². The van der Waals surface area contributed by atoms with Crippen molar-refractivity contribution < 1.29 is 22.0 Å². The number of nitrogens with one attached hydrogen (secondary N) is 1. The molecule has 0 heterocycles. The maximum absolute atomic E-state index is 12.2. The van der Waals surface area contributed by atoms with Gasteiger partial charge >= 0.3 is 12.2 Å². The fourth-order valence-electron chi connectivity index (χ4n) is 2.16. The molecule has 0 aliphatic rings. The van der Waals surface area contributed by atoms with Gasteiger partial charge in [-0.15, -0.1) is 0 Å². The molecule has 0 spiro atoms. The highest BCUT2D eigenvalue weighted by molar-refractivity contribution is 5.62. The number of alkyl halides is 5.